The number of carbonyl (C=O) groups is 1. The molecule has 1 aliphatic rings. The molecule has 2 rings (SSSR count). The Kier molecular flexibility index (Phi) is 5.05. The van der Waals surface area contributed by atoms with Crippen molar-refractivity contribution in [2.45, 2.75) is 38.9 Å². The molecule has 1 saturated heterocycles. The molecule has 0 spiro atoms. The number of likely N-dealkylation sites (N-methyl/N-ethyl adjacent to an activating group) is 1. The molecule has 0 unspecified atom stereocenters. The first-order valence-electron chi connectivity index (χ1n) is 7.18. The van der Waals surface area contributed by atoms with Crippen molar-refractivity contribution in [3.8, 4) is 0 Å². The summed E-state index contributed by atoms with van der Waals surface area (Å²) in [6.07, 6.45) is 2.11. The largest absolute Gasteiger partial charge is 0.468 e. The van der Waals surface area contributed by atoms with Crippen LogP contribution < -0.4 is 5.32 Å². The molecule has 0 saturated carbocycles. The van der Waals surface area contributed by atoms with Crippen molar-refractivity contribution in [3.05, 3.63) is 24.2 Å². The molecule has 21 heavy (non-hydrogen) atoms. The van der Waals surface area contributed by atoms with Gasteiger partial charge in [-0.15, -0.1) is 0 Å². The molecule has 1 aromatic heterocycles. The van der Waals surface area contributed by atoms with E-state index < -0.39 is 9.84 Å². The van der Waals surface area contributed by atoms with Crippen LogP contribution in [0.1, 0.15) is 26.0 Å². The smallest absolute Gasteiger partial charge is 0.237 e. The van der Waals surface area contributed by atoms with Crippen molar-refractivity contribution < 1.29 is 17.6 Å². The van der Waals surface area contributed by atoms with Crippen molar-refractivity contribution in [1.82, 2.24) is 10.2 Å². The Morgan fingerprint density at radius 1 is 1.57 bits per heavy atom. The quantitative estimate of drug-likeness (QED) is 0.840. The van der Waals surface area contributed by atoms with Gasteiger partial charge in [-0.1, -0.05) is 6.92 Å². The minimum atomic E-state index is -2.98. The van der Waals surface area contributed by atoms with E-state index in [1.54, 1.807) is 6.26 Å². The lowest BCUT2D eigenvalue weighted by Gasteiger charge is -2.27. The molecule has 118 valence electrons. The molecule has 7 heteroatoms. The molecule has 6 nitrogen and oxygen atoms in total. The van der Waals surface area contributed by atoms with Gasteiger partial charge in [-0.25, -0.2) is 8.42 Å². The number of rotatable bonds is 6. The van der Waals surface area contributed by atoms with Gasteiger partial charge in [0.15, 0.2) is 9.84 Å². The number of hydrogen-bond acceptors (Lipinski definition) is 5. The number of amides is 1. The second-order valence-electron chi connectivity index (χ2n) is 5.43. The highest BCUT2D eigenvalue weighted by atomic mass is 32.2. The summed E-state index contributed by atoms with van der Waals surface area (Å²) in [6, 6.07) is 3.10. The van der Waals surface area contributed by atoms with E-state index in [9.17, 15) is 13.2 Å². The summed E-state index contributed by atoms with van der Waals surface area (Å²) in [7, 11) is -2.98. The molecule has 1 N–H and O–H groups in total. The zero-order valence-electron chi connectivity index (χ0n) is 12.4. The first-order valence-corrected chi connectivity index (χ1v) is 9.00. The number of carbonyl (C=O) groups excluding carboxylic acids is 1. The maximum absolute atomic E-state index is 12.3. The molecule has 1 fully saturated rings. The molecule has 0 aliphatic carbocycles. The van der Waals surface area contributed by atoms with Crippen LogP contribution in [-0.2, 0) is 21.2 Å². The minimum Gasteiger partial charge on any atom is -0.468 e. The van der Waals surface area contributed by atoms with E-state index in [0.29, 0.717) is 19.5 Å². The highest BCUT2D eigenvalue weighted by molar-refractivity contribution is 7.91. The van der Waals surface area contributed by atoms with Crippen LogP contribution in [0, 0.1) is 0 Å². The normalized spacial score (nSPS) is 22.3. The number of furan rings is 1. The average molecular weight is 314 g/mol. The fourth-order valence-electron chi connectivity index (χ4n) is 2.52. The lowest BCUT2D eigenvalue weighted by molar-refractivity contribution is -0.126. The van der Waals surface area contributed by atoms with Crippen LogP contribution in [0.2, 0.25) is 0 Å². The predicted molar refractivity (Wildman–Crippen MR) is 79.5 cm³/mol. The Bertz CT molecular complexity index is 568. The fraction of sp³-hybridized carbons (Fsp3) is 0.643. The van der Waals surface area contributed by atoms with Gasteiger partial charge in [-0.05, 0) is 32.0 Å². The second-order valence-corrected chi connectivity index (χ2v) is 7.66. The summed E-state index contributed by atoms with van der Waals surface area (Å²) in [6.45, 7) is 5.07. The first kappa shape index (κ1) is 16.0. The van der Waals surface area contributed by atoms with E-state index in [4.69, 9.17) is 4.42 Å². The molecule has 0 aromatic carbocycles. The van der Waals surface area contributed by atoms with E-state index in [1.807, 2.05) is 30.9 Å². The van der Waals surface area contributed by atoms with Crippen LogP contribution in [0.4, 0.5) is 0 Å². The lowest BCUT2D eigenvalue weighted by Crippen LogP contribution is -2.48. The third kappa shape index (κ3) is 4.31. The van der Waals surface area contributed by atoms with E-state index in [1.165, 1.54) is 0 Å². The van der Waals surface area contributed by atoms with Crippen LogP contribution in [0.15, 0.2) is 22.8 Å². The van der Waals surface area contributed by atoms with Crippen molar-refractivity contribution in [1.29, 1.82) is 0 Å². The Labute approximate surface area is 125 Å². The zero-order valence-corrected chi connectivity index (χ0v) is 13.2. The van der Waals surface area contributed by atoms with Crippen molar-refractivity contribution in [2.75, 3.05) is 18.1 Å². The fourth-order valence-corrected chi connectivity index (χ4v) is 4.20. The Hall–Kier alpha value is -1.34. The standard InChI is InChI=1S/C14H22N2O4S/c1-3-16(9-13-5-4-7-20-13)11(2)14(17)15-12-6-8-21(18,19)10-12/h4-5,7,11-12H,3,6,8-10H2,1-2H3,(H,15,17)/t11-,12+/m1/s1. The topological polar surface area (TPSA) is 79.6 Å². The van der Waals surface area contributed by atoms with Gasteiger partial charge in [0.2, 0.25) is 5.91 Å². The number of nitrogens with one attached hydrogen (secondary N) is 1. The van der Waals surface area contributed by atoms with Gasteiger partial charge < -0.3 is 9.73 Å². The molecule has 0 radical (unpaired) electrons. The minimum absolute atomic E-state index is 0.0514. The summed E-state index contributed by atoms with van der Waals surface area (Å²) in [5.41, 5.74) is 0. The van der Waals surface area contributed by atoms with Gasteiger partial charge in [0, 0.05) is 6.04 Å². The van der Waals surface area contributed by atoms with Crippen LogP contribution in [0.25, 0.3) is 0 Å². The van der Waals surface area contributed by atoms with Gasteiger partial charge in [0.05, 0.1) is 30.4 Å². The maximum Gasteiger partial charge on any atom is 0.237 e. The van der Waals surface area contributed by atoms with Crippen LogP contribution in [0.3, 0.4) is 0 Å². The number of hydrogen-bond donors (Lipinski definition) is 1. The Balaban J connectivity index is 1.91. The molecule has 2 heterocycles. The van der Waals surface area contributed by atoms with E-state index in [2.05, 4.69) is 5.32 Å². The van der Waals surface area contributed by atoms with Crippen LogP contribution >= 0.6 is 0 Å². The highest BCUT2D eigenvalue weighted by Gasteiger charge is 2.31. The summed E-state index contributed by atoms with van der Waals surface area (Å²) in [5, 5.41) is 2.84. The number of nitrogens with zero attached hydrogens (tertiary/aromatic N) is 1. The van der Waals surface area contributed by atoms with Gasteiger partial charge in [-0.3, -0.25) is 9.69 Å². The summed E-state index contributed by atoms with van der Waals surface area (Å²) < 4.78 is 28.1. The summed E-state index contributed by atoms with van der Waals surface area (Å²) in [5.74, 6) is 0.886. The third-order valence-corrected chi connectivity index (χ3v) is 5.62. The van der Waals surface area contributed by atoms with Crippen molar-refractivity contribution in [2.24, 2.45) is 0 Å². The Morgan fingerprint density at radius 2 is 2.33 bits per heavy atom. The summed E-state index contributed by atoms with van der Waals surface area (Å²) >= 11 is 0. The van der Waals surface area contributed by atoms with Gasteiger partial charge in [0.25, 0.3) is 0 Å². The molecule has 0 bridgehead atoms. The van der Waals surface area contributed by atoms with Crippen molar-refractivity contribution >= 4 is 15.7 Å². The van der Waals surface area contributed by atoms with Gasteiger partial charge in [-0.2, -0.15) is 0 Å². The maximum atomic E-state index is 12.3. The van der Waals surface area contributed by atoms with Gasteiger partial charge in [0.1, 0.15) is 5.76 Å². The second kappa shape index (κ2) is 6.62. The Morgan fingerprint density at radius 3 is 2.86 bits per heavy atom. The highest BCUT2D eigenvalue weighted by Crippen LogP contribution is 2.13. The summed E-state index contributed by atoms with van der Waals surface area (Å²) in [4.78, 5) is 14.2. The third-order valence-electron chi connectivity index (χ3n) is 3.85. The first-order chi connectivity index (χ1) is 9.91. The molecule has 1 aliphatic heterocycles. The molecular weight excluding hydrogens is 292 g/mol. The molecule has 1 amide bonds. The SMILES string of the molecule is CCN(Cc1ccco1)[C@H](C)C(=O)N[C@H]1CCS(=O)(=O)C1. The molecule has 2 atom stereocenters. The molecule has 1 aromatic rings. The van der Waals surface area contributed by atoms with Crippen LogP contribution in [-0.4, -0.2) is 49.4 Å². The zero-order chi connectivity index (χ0) is 15.5. The predicted octanol–water partition coefficient (Wildman–Crippen LogP) is 0.793. The van der Waals surface area contributed by atoms with E-state index in [0.717, 1.165) is 5.76 Å². The van der Waals surface area contributed by atoms with E-state index in [-0.39, 0.29) is 29.5 Å². The monoisotopic (exact) mass is 314 g/mol. The number of sulfone groups is 1. The van der Waals surface area contributed by atoms with Crippen molar-refractivity contribution in [3.63, 3.8) is 0 Å². The van der Waals surface area contributed by atoms with Crippen LogP contribution in [0.5, 0.6) is 0 Å². The average Bonchev–Trinajstić information content (AvgIpc) is 3.04. The van der Waals surface area contributed by atoms with E-state index >= 15 is 0 Å². The lowest BCUT2D eigenvalue weighted by atomic mass is 10.2. The van der Waals surface area contributed by atoms with Gasteiger partial charge >= 0.3 is 0 Å². The molecular formula is C14H22N2O4S.